The van der Waals surface area contributed by atoms with Gasteiger partial charge in [-0.15, -0.1) is 0 Å². The molecule has 0 spiro atoms. The Morgan fingerprint density at radius 2 is 1.71 bits per heavy atom. The van der Waals surface area contributed by atoms with Crippen LogP contribution in [0.4, 0.5) is 5.95 Å². The molecule has 3 heterocycles. The highest BCUT2D eigenvalue weighted by atomic mass is 32.2. The molecule has 31 heavy (non-hydrogen) atoms. The number of nitrogen functional groups attached to an aromatic ring is 1. The van der Waals surface area contributed by atoms with Crippen molar-refractivity contribution in [3.63, 3.8) is 0 Å². The molecule has 4 aromatic rings. The molecular weight excluding hydrogens is 418 g/mol. The zero-order valence-electron chi connectivity index (χ0n) is 16.6. The smallest absolute Gasteiger partial charge is 0.274 e. The van der Waals surface area contributed by atoms with Gasteiger partial charge >= 0.3 is 0 Å². The van der Waals surface area contributed by atoms with Crippen molar-refractivity contribution in [3.05, 3.63) is 64.6 Å². The van der Waals surface area contributed by atoms with E-state index < -0.39 is 10.0 Å². The highest BCUT2D eigenvalue weighted by molar-refractivity contribution is 7.89. The summed E-state index contributed by atoms with van der Waals surface area (Å²) in [5, 5.41) is 4.53. The van der Waals surface area contributed by atoms with Gasteiger partial charge in [-0.2, -0.15) is 13.8 Å². The van der Waals surface area contributed by atoms with Crippen molar-refractivity contribution in [1.29, 1.82) is 0 Å². The molecule has 0 bridgehead atoms. The molecular formula is C20H21N7O3S. The van der Waals surface area contributed by atoms with Gasteiger partial charge in [-0.1, -0.05) is 30.3 Å². The lowest BCUT2D eigenvalue weighted by molar-refractivity contribution is 0.180. The number of hydrogen-bond donors (Lipinski definition) is 2. The number of piperazine rings is 1. The largest absolute Gasteiger partial charge is 0.368 e. The van der Waals surface area contributed by atoms with Crippen molar-refractivity contribution in [2.45, 2.75) is 11.4 Å². The minimum atomic E-state index is -3.57. The summed E-state index contributed by atoms with van der Waals surface area (Å²) in [7, 11) is -3.57. The lowest BCUT2D eigenvalue weighted by atomic mass is 10.1. The minimum absolute atomic E-state index is 0.120. The fraction of sp³-hybridized carbons (Fsp3) is 0.250. The molecule has 160 valence electrons. The third-order valence-electron chi connectivity index (χ3n) is 5.48. The number of nitrogens with two attached hydrogens (primary N) is 1. The second-order valence-corrected chi connectivity index (χ2v) is 9.46. The van der Waals surface area contributed by atoms with Gasteiger partial charge in [0.05, 0.1) is 10.6 Å². The van der Waals surface area contributed by atoms with Crippen LogP contribution in [0.5, 0.6) is 0 Å². The molecule has 1 aliphatic heterocycles. The SMILES string of the molecule is Nc1nc2nc(CN3CCN(S(=O)(=O)c4ccc5ccccc5c4)CC3)cc(=O)n2[nH]1. The Hall–Kier alpha value is -3.28. The Balaban J connectivity index is 1.30. The van der Waals surface area contributed by atoms with E-state index in [0.29, 0.717) is 43.3 Å². The number of aromatic amines is 1. The minimum Gasteiger partial charge on any atom is -0.368 e. The summed E-state index contributed by atoms with van der Waals surface area (Å²) < 4.78 is 28.9. The third kappa shape index (κ3) is 3.67. The van der Waals surface area contributed by atoms with E-state index in [1.807, 2.05) is 30.3 Å². The molecule has 1 fully saturated rings. The molecule has 0 saturated carbocycles. The summed E-state index contributed by atoms with van der Waals surface area (Å²) in [6.45, 7) is 2.24. The van der Waals surface area contributed by atoms with Crippen molar-refractivity contribution < 1.29 is 8.42 Å². The van der Waals surface area contributed by atoms with Crippen molar-refractivity contribution >= 4 is 32.5 Å². The molecule has 2 aromatic heterocycles. The molecule has 1 aliphatic rings. The summed E-state index contributed by atoms with van der Waals surface area (Å²) in [4.78, 5) is 22.9. The van der Waals surface area contributed by atoms with Gasteiger partial charge in [0.25, 0.3) is 11.3 Å². The molecule has 2 aromatic carbocycles. The fourth-order valence-corrected chi connectivity index (χ4v) is 5.32. The zero-order valence-corrected chi connectivity index (χ0v) is 17.4. The van der Waals surface area contributed by atoms with Crippen molar-refractivity contribution in [2.24, 2.45) is 0 Å². The lowest BCUT2D eigenvalue weighted by Gasteiger charge is -2.33. The number of nitrogens with zero attached hydrogens (tertiary/aromatic N) is 5. The maximum absolute atomic E-state index is 13.1. The number of fused-ring (bicyclic) bond motifs is 2. The van der Waals surface area contributed by atoms with Crippen LogP contribution in [0.15, 0.2) is 58.2 Å². The molecule has 0 amide bonds. The topological polar surface area (TPSA) is 130 Å². The van der Waals surface area contributed by atoms with E-state index in [0.717, 1.165) is 10.8 Å². The maximum atomic E-state index is 13.1. The molecule has 1 saturated heterocycles. The average molecular weight is 440 g/mol. The van der Waals surface area contributed by atoms with Gasteiger partial charge in [-0.05, 0) is 22.9 Å². The molecule has 11 heteroatoms. The highest BCUT2D eigenvalue weighted by Crippen LogP contribution is 2.23. The van der Waals surface area contributed by atoms with Gasteiger partial charge in [0.15, 0.2) is 0 Å². The molecule has 5 rings (SSSR count). The van der Waals surface area contributed by atoms with Crippen LogP contribution in [0.25, 0.3) is 16.6 Å². The summed E-state index contributed by atoms with van der Waals surface area (Å²) >= 11 is 0. The van der Waals surface area contributed by atoms with Crippen molar-refractivity contribution in [2.75, 3.05) is 31.9 Å². The van der Waals surface area contributed by atoms with Crippen LogP contribution in [0.1, 0.15) is 5.69 Å². The maximum Gasteiger partial charge on any atom is 0.274 e. The Labute approximate surface area is 178 Å². The zero-order chi connectivity index (χ0) is 21.6. The van der Waals surface area contributed by atoms with Crippen LogP contribution in [0, 0.1) is 0 Å². The Kier molecular flexibility index (Phi) is 4.73. The van der Waals surface area contributed by atoms with Crippen LogP contribution in [-0.4, -0.2) is 63.4 Å². The third-order valence-corrected chi connectivity index (χ3v) is 7.37. The molecule has 3 N–H and O–H groups in total. The van der Waals surface area contributed by atoms with E-state index in [1.165, 1.54) is 14.9 Å². The molecule has 0 atom stereocenters. The van der Waals surface area contributed by atoms with Crippen LogP contribution in [0.2, 0.25) is 0 Å². The predicted octanol–water partition coefficient (Wildman–Crippen LogP) is 0.659. The van der Waals surface area contributed by atoms with E-state index >= 15 is 0 Å². The number of hydrogen-bond acceptors (Lipinski definition) is 7. The molecule has 0 aliphatic carbocycles. The van der Waals surface area contributed by atoms with Gasteiger partial charge in [-0.25, -0.2) is 13.4 Å². The average Bonchev–Trinajstić information content (AvgIpc) is 3.14. The summed E-state index contributed by atoms with van der Waals surface area (Å²) in [6.07, 6.45) is 0. The monoisotopic (exact) mass is 439 g/mol. The van der Waals surface area contributed by atoms with Crippen LogP contribution in [0.3, 0.4) is 0 Å². The number of benzene rings is 2. The van der Waals surface area contributed by atoms with Crippen LogP contribution < -0.4 is 11.3 Å². The van der Waals surface area contributed by atoms with Gasteiger partial charge in [0.1, 0.15) is 0 Å². The van der Waals surface area contributed by atoms with E-state index in [4.69, 9.17) is 5.73 Å². The lowest BCUT2D eigenvalue weighted by Crippen LogP contribution is -2.48. The van der Waals surface area contributed by atoms with Gasteiger partial charge < -0.3 is 5.73 Å². The van der Waals surface area contributed by atoms with Crippen molar-refractivity contribution in [1.82, 2.24) is 28.8 Å². The van der Waals surface area contributed by atoms with Crippen LogP contribution in [-0.2, 0) is 16.6 Å². The fourth-order valence-electron chi connectivity index (χ4n) is 3.86. The second-order valence-electron chi connectivity index (χ2n) is 7.52. The van der Waals surface area contributed by atoms with Gasteiger partial charge in [0, 0.05) is 38.8 Å². The normalized spacial score (nSPS) is 16.3. The van der Waals surface area contributed by atoms with Crippen molar-refractivity contribution in [3.8, 4) is 0 Å². The summed E-state index contributed by atoms with van der Waals surface area (Å²) in [5.74, 6) is 0.340. The van der Waals surface area contributed by atoms with E-state index in [2.05, 4.69) is 20.0 Å². The first-order valence-corrected chi connectivity index (χ1v) is 11.3. The number of sulfonamides is 1. The first kappa shape index (κ1) is 19.7. The Bertz CT molecular complexity index is 1440. The first-order chi connectivity index (χ1) is 14.9. The highest BCUT2D eigenvalue weighted by Gasteiger charge is 2.28. The van der Waals surface area contributed by atoms with Gasteiger partial charge in [0.2, 0.25) is 16.0 Å². The quantitative estimate of drug-likeness (QED) is 0.478. The molecule has 0 radical (unpaired) electrons. The number of aromatic nitrogens is 4. The first-order valence-electron chi connectivity index (χ1n) is 9.86. The Morgan fingerprint density at radius 1 is 0.968 bits per heavy atom. The summed E-state index contributed by atoms with van der Waals surface area (Å²) in [5.41, 5.74) is 5.87. The number of H-pyrrole nitrogens is 1. The second kappa shape index (κ2) is 7.45. The van der Waals surface area contributed by atoms with E-state index in [9.17, 15) is 13.2 Å². The summed E-state index contributed by atoms with van der Waals surface area (Å²) in [6, 6.07) is 14.3. The standard InChI is InChI=1S/C20H21N7O3S/c21-19-23-20-22-16(12-18(28)27(20)24-19)13-25-7-9-26(10-8-25)31(29,30)17-6-5-14-3-1-2-4-15(14)11-17/h1-6,11-12H,7-10,13H2,(H3,21,22,23,24). The van der Waals surface area contributed by atoms with Gasteiger partial charge in [-0.3, -0.25) is 14.8 Å². The van der Waals surface area contributed by atoms with E-state index in [-0.39, 0.29) is 17.3 Å². The number of nitrogens with one attached hydrogen (secondary N) is 1. The molecule has 0 unspecified atom stereocenters. The van der Waals surface area contributed by atoms with E-state index in [1.54, 1.807) is 12.1 Å². The number of anilines is 1. The number of rotatable bonds is 4. The predicted molar refractivity (Wildman–Crippen MR) is 116 cm³/mol. The van der Waals surface area contributed by atoms with Crippen LogP contribution >= 0.6 is 0 Å². The Morgan fingerprint density at radius 3 is 2.48 bits per heavy atom. The molecule has 10 nitrogen and oxygen atoms in total.